The minimum absolute atomic E-state index is 0.0673. The Labute approximate surface area is 153 Å². The first-order chi connectivity index (χ1) is 12.1. The maximum absolute atomic E-state index is 12.2. The van der Waals surface area contributed by atoms with Crippen LogP contribution in [0.1, 0.15) is 53.4 Å². The van der Waals surface area contributed by atoms with Gasteiger partial charge in [-0.3, -0.25) is 9.59 Å². The van der Waals surface area contributed by atoms with Crippen LogP contribution in [-0.4, -0.2) is 29.6 Å². The third-order valence-electron chi connectivity index (χ3n) is 4.31. The van der Waals surface area contributed by atoms with Crippen LogP contribution in [0, 0.1) is 5.92 Å². The number of carbonyl (C=O) groups excluding carboxylic acids is 3. The summed E-state index contributed by atoms with van der Waals surface area (Å²) in [5, 5.41) is 0. The number of cyclic esters (lactones) is 1. The number of ether oxygens (including phenoxy) is 3. The van der Waals surface area contributed by atoms with Crippen LogP contribution in [-0.2, 0) is 28.6 Å². The fraction of sp³-hybridized carbons (Fsp3) is 0.550. The van der Waals surface area contributed by atoms with Gasteiger partial charge in [-0.05, 0) is 32.8 Å². The number of rotatable bonds is 6. The van der Waals surface area contributed by atoms with Crippen LogP contribution in [0.5, 0.6) is 0 Å². The normalized spacial score (nSPS) is 24.5. The molecule has 0 aromatic rings. The second kappa shape index (κ2) is 7.89. The highest BCUT2D eigenvalue weighted by molar-refractivity contribution is 5.97. The monoisotopic (exact) mass is 362 g/mol. The largest absolute Gasteiger partial charge is 0.457 e. The van der Waals surface area contributed by atoms with Crippen molar-refractivity contribution in [1.82, 2.24) is 0 Å². The molecule has 2 atom stereocenters. The highest BCUT2D eigenvalue weighted by Gasteiger charge is 2.32. The lowest BCUT2D eigenvalue weighted by atomic mass is 9.83. The zero-order chi connectivity index (χ0) is 19.5. The van der Waals surface area contributed by atoms with Crippen LogP contribution >= 0.6 is 0 Å². The molecule has 6 heteroatoms. The van der Waals surface area contributed by atoms with Crippen molar-refractivity contribution in [2.24, 2.45) is 5.92 Å². The number of allylic oxidation sites excluding steroid dienone is 2. The lowest BCUT2D eigenvalue weighted by Gasteiger charge is -2.30. The van der Waals surface area contributed by atoms with Gasteiger partial charge in [0.1, 0.15) is 18.3 Å². The minimum atomic E-state index is -1.12. The molecule has 0 amide bonds. The molecule has 0 radical (unpaired) electrons. The highest BCUT2D eigenvalue weighted by atomic mass is 16.7. The molecule has 1 heterocycles. The van der Waals surface area contributed by atoms with E-state index in [9.17, 15) is 14.4 Å². The molecule has 1 unspecified atom stereocenters. The van der Waals surface area contributed by atoms with E-state index in [0.717, 1.165) is 30.1 Å². The molecular formula is C20H26O6. The van der Waals surface area contributed by atoms with Gasteiger partial charge in [0.15, 0.2) is 5.78 Å². The van der Waals surface area contributed by atoms with Crippen LogP contribution in [0.3, 0.4) is 0 Å². The fourth-order valence-corrected chi connectivity index (χ4v) is 3.14. The summed E-state index contributed by atoms with van der Waals surface area (Å²) in [6.07, 6.45) is 3.96. The van der Waals surface area contributed by atoms with E-state index in [1.54, 1.807) is 13.8 Å². The van der Waals surface area contributed by atoms with E-state index < -0.39 is 17.7 Å². The molecule has 0 saturated carbocycles. The summed E-state index contributed by atoms with van der Waals surface area (Å²) in [4.78, 5) is 35.8. The molecule has 0 bridgehead atoms. The van der Waals surface area contributed by atoms with E-state index in [1.165, 1.54) is 0 Å². The number of Topliss-reactive ketones (excluding diaryl/α,β-unsaturated/α-hetero) is 1. The summed E-state index contributed by atoms with van der Waals surface area (Å²) in [6.45, 7) is 11.0. The maximum Gasteiger partial charge on any atom is 0.337 e. The maximum atomic E-state index is 12.2. The van der Waals surface area contributed by atoms with E-state index in [0.29, 0.717) is 0 Å². The topological polar surface area (TPSA) is 78.9 Å². The SMILES string of the molecule is C=C(C)[C@H]1CCC(C)=CC1OC(=O)CC(=O)CC1=CC(=O)OC(C)(C)O1. The predicted molar refractivity (Wildman–Crippen MR) is 94.8 cm³/mol. The van der Waals surface area contributed by atoms with Crippen LogP contribution in [0.25, 0.3) is 0 Å². The van der Waals surface area contributed by atoms with Crippen LogP contribution in [0.2, 0.25) is 0 Å². The average molecular weight is 362 g/mol. The Hall–Kier alpha value is -2.37. The van der Waals surface area contributed by atoms with E-state index >= 15 is 0 Å². The average Bonchev–Trinajstić information content (AvgIpc) is 2.43. The van der Waals surface area contributed by atoms with Crippen LogP contribution < -0.4 is 0 Å². The molecule has 2 rings (SSSR count). The molecule has 26 heavy (non-hydrogen) atoms. The fourth-order valence-electron chi connectivity index (χ4n) is 3.14. The molecule has 0 aromatic heterocycles. The number of esters is 2. The Bertz CT molecular complexity index is 682. The second-order valence-corrected chi connectivity index (χ2v) is 7.38. The first-order valence-electron chi connectivity index (χ1n) is 8.72. The Balaban J connectivity index is 1.93. The molecular weight excluding hydrogens is 336 g/mol. The Morgan fingerprint density at radius 1 is 1.35 bits per heavy atom. The minimum Gasteiger partial charge on any atom is -0.457 e. The molecule has 0 N–H and O–H groups in total. The van der Waals surface area contributed by atoms with Crippen molar-refractivity contribution in [3.63, 3.8) is 0 Å². The molecule has 2 aliphatic rings. The van der Waals surface area contributed by atoms with E-state index in [2.05, 4.69) is 6.58 Å². The summed E-state index contributed by atoms with van der Waals surface area (Å²) < 4.78 is 15.9. The summed E-state index contributed by atoms with van der Waals surface area (Å²) in [6, 6.07) is 0. The van der Waals surface area contributed by atoms with Gasteiger partial charge in [0.25, 0.3) is 0 Å². The third kappa shape index (κ3) is 5.58. The van der Waals surface area contributed by atoms with Crippen molar-refractivity contribution in [2.75, 3.05) is 0 Å². The quantitative estimate of drug-likeness (QED) is 0.409. The smallest absolute Gasteiger partial charge is 0.337 e. The third-order valence-corrected chi connectivity index (χ3v) is 4.31. The van der Waals surface area contributed by atoms with Gasteiger partial charge >= 0.3 is 11.9 Å². The number of hydrogen-bond acceptors (Lipinski definition) is 6. The summed E-state index contributed by atoms with van der Waals surface area (Å²) in [5.41, 5.74) is 2.12. The molecule has 0 aromatic carbocycles. The number of ketones is 1. The standard InChI is InChI=1S/C20H26O6/c1-12(2)16-7-6-13(3)8-17(16)24-18(22)10-14(21)9-15-11-19(23)26-20(4,5)25-15/h8,11,16-17H,1,6-7,9-10H2,2-5H3/t16-,17?/m1/s1. The van der Waals surface area contributed by atoms with Gasteiger partial charge in [0, 0.05) is 19.8 Å². The Morgan fingerprint density at radius 2 is 2.04 bits per heavy atom. The molecule has 0 fully saturated rings. The van der Waals surface area contributed by atoms with Crippen LogP contribution in [0.4, 0.5) is 0 Å². The summed E-state index contributed by atoms with van der Waals surface area (Å²) in [7, 11) is 0. The number of carbonyl (C=O) groups is 3. The van der Waals surface area contributed by atoms with Crippen molar-refractivity contribution in [3.05, 3.63) is 35.6 Å². The van der Waals surface area contributed by atoms with Gasteiger partial charge in [0.05, 0.1) is 12.5 Å². The van der Waals surface area contributed by atoms with E-state index in [4.69, 9.17) is 14.2 Å². The first kappa shape index (κ1) is 19.9. The number of hydrogen-bond donors (Lipinski definition) is 0. The zero-order valence-electron chi connectivity index (χ0n) is 15.8. The van der Waals surface area contributed by atoms with Crippen molar-refractivity contribution >= 4 is 17.7 Å². The van der Waals surface area contributed by atoms with Crippen molar-refractivity contribution in [3.8, 4) is 0 Å². The molecule has 1 aliphatic carbocycles. The van der Waals surface area contributed by atoms with E-state index in [1.807, 2.05) is 19.9 Å². The van der Waals surface area contributed by atoms with Gasteiger partial charge in [-0.1, -0.05) is 17.7 Å². The lowest BCUT2D eigenvalue weighted by molar-refractivity contribution is -0.205. The van der Waals surface area contributed by atoms with Gasteiger partial charge in [0.2, 0.25) is 5.79 Å². The lowest BCUT2D eigenvalue weighted by Crippen LogP contribution is -2.35. The van der Waals surface area contributed by atoms with Gasteiger partial charge in [-0.15, -0.1) is 0 Å². The molecule has 6 nitrogen and oxygen atoms in total. The van der Waals surface area contributed by atoms with E-state index in [-0.39, 0.29) is 36.4 Å². The van der Waals surface area contributed by atoms with Gasteiger partial charge in [-0.25, -0.2) is 4.79 Å². The molecule has 142 valence electrons. The molecule has 0 spiro atoms. The predicted octanol–water partition coefficient (Wildman–Crippen LogP) is 3.37. The Morgan fingerprint density at radius 3 is 2.65 bits per heavy atom. The zero-order valence-corrected chi connectivity index (χ0v) is 15.8. The highest BCUT2D eigenvalue weighted by Crippen LogP contribution is 2.31. The Kier molecular flexibility index (Phi) is 6.05. The van der Waals surface area contributed by atoms with Crippen molar-refractivity contribution < 1.29 is 28.6 Å². The van der Waals surface area contributed by atoms with Crippen molar-refractivity contribution in [1.29, 1.82) is 0 Å². The summed E-state index contributed by atoms with van der Waals surface area (Å²) >= 11 is 0. The summed E-state index contributed by atoms with van der Waals surface area (Å²) in [5.74, 6) is -2.40. The first-order valence-corrected chi connectivity index (χ1v) is 8.72. The molecule has 0 saturated heterocycles. The van der Waals surface area contributed by atoms with Crippen LogP contribution in [0.15, 0.2) is 35.6 Å². The second-order valence-electron chi connectivity index (χ2n) is 7.38. The van der Waals surface area contributed by atoms with Gasteiger partial charge in [-0.2, -0.15) is 0 Å². The van der Waals surface area contributed by atoms with Crippen molar-refractivity contribution in [2.45, 2.75) is 65.3 Å². The van der Waals surface area contributed by atoms with Gasteiger partial charge < -0.3 is 14.2 Å². The molecule has 1 aliphatic heterocycles.